The van der Waals surface area contributed by atoms with E-state index in [2.05, 4.69) is 5.10 Å². The smallest absolute Gasteiger partial charge is 0.169 e. The molecule has 0 amide bonds. The maximum Gasteiger partial charge on any atom is 0.169 e. The van der Waals surface area contributed by atoms with Crippen molar-refractivity contribution < 1.29 is 5.11 Å². The molecule has 58 valence electrons. The first kappa shape index (κ1) is 7.76. The minimum Gasteiger partial charge on any atom is -0.374 e. The van der Waals surface area contributed by atoms with Gasteiger partial charge in [0.25, 0.3) is 0 Å². The molecule has 0 aliphatic carbocycles. The van der Waals surface area contributed by atoms with Crippen molar-refractivity contribution in [2.75, 3.05) is 0 Å². The molecule has 1 rings (SSSR count). The molecule has 1 heterocycles. The molecular weight excluding hydrogens is 142 g/mol. The van der Waals surface area contributed by atoms with Gasteiger partial charge in [-0.3, -0.25) is 4.68 Å². The molecular formula is C7H9N3O. The average molecular weight is 151 g/mol. The van der Waals surface area contributed by atoms with E-state index in [1.807, 2.05) is 0 Å². The summed E-state index contributed by atoms with van der Waals surface area (Å²) in [6.45, 7) is 1.76. The van der Waals surface area contributed by atoms with Crippen molar-refractivity contribution in [2.24, 2.45) is 7.05 Å². The summed E-state index contributed by atoms with van der Waals surface area (Å²) in [4.78, 5) is 0. The lowest BCUT2D eigenvalue weighted by molar-refractivity contribution is 0.235. The van der Waals surface area contributed by atoms with Crippen molar-refractivity contribution in [1.82, 2.24) is 9.78 Å². The van der Waals surface area contributed by atoms with E-state index in [1.165, 1.54) is 0 Å². The lowest BCUT2D eigenvalue weighted by atomic mass is 10.2. The van der Waals surface area contributed by atoms with Gasteiger partial charge < -0.3 is 5.11 Å². The van der Waals surface area contributed by atoms with E-state index in [1.54, 1.807) is 30.9 Å². The van der Waals surface area contributed by atoms with Gasteiger partial charge in [-0.05, 0) is 6.92 Å². The quantitative estimate of drug-likeness (QED) is 0.586. The van der Waals surface area contributed by atoms with Crippen LogP contribution in [0.5, 0.6) is 0 Å². The lowest BCUT2D eigenvalue weighted by Gasteiger charge is -1.95. The molecule has 1 unspecified atom stereocenters. The molecule has 1 atom stereocenters. The van der Waals surface area contributed by atoms with Crippen LogP contribution in [0, 0.1) is 18.3 Å². The third-order valence-electron chi connectivity index (χ3n) is 1.47. The Morgan fingerprint density at radius 3 is 2.82 bits per heavy atom. The molecule has 0 saturated carbocycles. The van der Waals surface area contributed by atoms with Crippen molar-refractivity contribution in [3.8, 4) is 6.07 Å². The van der Waals surface area contributed by atoms with Crippen LogP contribution < -0.4 is 0 Å². The first-order chi connectivity index (χ1) is 5.15. The zero-order valence-corrected chi connectivity index (χ0v) is 6.44. The van der Waals surface area contributed by atoms with E-state index in [0.29, 0.717) is 11.3 Å². The predicted molar refractivity (Wildman–Crippen MR) is 38.5 cm³/mol. The Morgan fingerprint density at radius 2 is 2.45 bits per heavy atom. The Hall–Kier alpha value is -1.34. The second-order valence-electron chi connectivity index (χ2n) is 2.38. The third-order valence-corrected chi connectivity index (χ3v) is 1.47. The van der Waals surface area contributed by atoms with Crippen LogP contribution in [-0.2, 0) is 7.05 Å². The molecule has 1 N–H and O–H groups in total. The minimum absolute atomic E-state index is 0.579. The van der Waals surface area contributed by atoms with Crippen molar-refractivity contribution >= 4 is 0 Å². The fraction of sp³-hybridized carbons (Fsp3) is 0.429. The second kappa shape index (κ2) is 2.72. The highest BCUT2D eigenvalue weighted by Gasteiger charge is 2.11. The Balaban J connectivity index is 3.05. The van der Waals surface area contributed by atoms with Crippen LogP contribution in [0.25, 0.3) is 0 Å². The lowest BCUT2D eigenvalue weighted by Crippen LogP contribution is -1.92. The maximum atomic E-state index is 9.11. The zero-order chi connectivity index (χ0) is 8.43. The molecule has 11 heavy (non-hydrogen) atoms. The van der Waals surface area contributed by atoms with Gasteiger partial charge in [-0.15, -0.1) is 0 Å². The first-order valence-corrected chi connectivity index (χ1v) is 3.23. The fourth-order valence-corrected chi connectivity index (χ4v) is 0.956. The van der Waals surface area contributed by atoms with E-state index in [4.69, 9.17) is 10.4 Å². The van der Waals surface area contributed by atoms with Crippen LogP contribution in [0.1, 0.15) is 17.4 Å². The molecule has 0 radical (unpaired) electrons. The van der Waals surface area contributed by atoms with Gasteiger partial charge in [-0.25, -0.2) is 0 Å². The third kappa shape index (κ3) is 1.38. The van der Waals surface area contributed by atoms with Crippen LogP contribution in [0.2, 0.25) is 0 Å². The molecule has 0 aliphatic heterocycles. The number of hydrogen-bond donors (Lipinski definition) is 1. The van der Waals surface area contributed by atoms with Crippen LogP contribution in [0.4, 0.5) is 0 Å². The summed E-state index contributed by atoms with van der Waals surface area (Å²) in [7, 11) is 1.75. The summed E-state index contributed by atoms with van der Waals surface area (Å²) >= 11 is 0. The van der Waals surface area contributed by atoms with E-state index < -0.39 is 6.10 Å². The Morgan fingerprint density at radius 1 is 1.82 bits per heavy atom. The van der Waals surface area contributed by atoms with Crippen LogP contribution in [-0.4, -0.2) is 14.9 Å². The van der Waals surface area contributed by atoms with Gasteiger partial charge in [-0.2, -0.15) is 10.4 Å². The summed E-state index contributed by atoms with van der Waals surface area (Å²) in [5, 5.41) is 21.5. The SMILES string of the molecule is Cc1nn(C)cc1C(O)C#N. The van der Waals surface area contributed by atoms with E-state index >= 15 is 0 Å². The van der Waals surface area contributed by atoms with Crippen LogP contribution in [0.3, 0.4) is 0 Å². The van der Waals surface area contributed by atoms with Gasteiger partial charge in [-0.1, -0.05) is 0 Å². The predicted octanol–water partition coefficient (Wildman–Crippen LogP) is 0.285. The maximum absolute atomic E-state index is 9.11. The fourth-order valence-electron chi connectivity index (χ4n) is 0.956. The minimum atomic E-state index is -1.05. The van der Waals surface area contributed by atoms with Crippen molar-refractivity contribution in [1.29, 1.82) is 5.26 Å². The second-order valence-corrected chi connectivity index (χ2v) is 2.38. The summed E-state index contributed by atoms with van der Waals surface area (Å²) in [6, 6.07) is 1.74. The number of aryl methyl sites for hydroxylation is 2. The Labute approximate surface area is 64.7 Å². The molecule has 0 saturated heterocycles. The number of aromatic nitrogens is 2. The monoisotopic (exact) mass is 151 g/mol. The first-order valence-electron chi connectivity index (χ1n) is 3.23. The average Bonchev–Trinajstić information content (AvgIpc) is 2.28. The molecule has 1 aromatic heterocycles. The van der Waals surface area contributed by atoms with Gasteiger partial charge in [0.05, 0.1) is 11.8 Å². The van der Waals surface area contributed by atoms with E-state index in [-0.39, 0.29) is 0 Å². The number of hydrogen-bond acceptors (Lipinski definition) is 3. The van der Waals surface area contributed by atoms with Crippen molar-refractivity contribution in [3.63, 3.8) is 0 Å². The number of aliphatic hydroxyl groups excluding tert-OH is 1. The summed E-state index contributed by atoms with van der Waals surface area (Å²) in [5.41, 5.74) is 1.27. The van der Waals surface area contributed by atoms with Crippen LogP contribution in [0.15, 0.2) is 6.20 Å². The molecule has 1 aromatic rings. The molecule has 4 nitrogen and oxygen atoms in total. The van der Waals surface area contributed by atoms with Gasteiger partial charge in [0.15, 0.2) is 6.10 Å². The van der Waals surface area contributed by atoms with Crippen LogP contribution >= 0.6 is 0 Å². The standard InChI is InChI=1S/C7H9N3O/c1-5-6(7(11)3-8)4-10(2)9-5/h4,7,11H,1-2H3. The molecule has 0 fully saturated rings. The summed E-state index contributed by atoms with van der Waals surface area (Å²) in [6.07, 6.45) is 0.590. The zero-order valence-electron chi connectivity index (χ0n) is 6.44. The highest BCUT2D eigenvalue weighted by Crippen LogP contribution is 2.14. The van der Waals surface area contributed by atoms with Crippen molar-refractivity contribution in [3.05, 3.63) is 17.5 Å². The number of aliphatic hydroxyl groups is 1. The highest BCUT2D eigenvalue weighted by atomic mass is 16.3. The topological polar surface area (TPSA) is 61.8 Å². The highest BCUT2D eigenvalue weighted by molar-refractivity contribution is 5.22. The summed E-state index contributed by atoms with van der Waals surface area (Å²) in [5.74, 6) is 0. The Kier molecular flexibility index (Phi) is 1.92. The van der Waals surface area contributed by atoms with Crippen molar-refractivity contribution in [2.45, 2.75) is 13.0 Å². The largest absolute Gasteiger partial charge is 0.374 e. The molecule has 0 spiro atoms. The number of nitriles is 1. The van der Waals surface area contributed by atoms with Gasteiger partial charge in [0.2, 0.25) is 0 Å². The summed E-state index contributed by atoms with van der Waals surface area (Å²) < 4.78 is 1.57. The molecule has 0 bridgehead atoms. The number of rotatable bonds is 1. The number of nitrogens with zero attached hydrogens (tertiary/aromatic N) is 3. The normalized spacial score (nSPS) is 12.5. The molecule has 4 heteroatoms. The van der Waals surface area contributed by atoms with Gasteiger partial charge in [0.1, 0.15) is 0 Å². The van der Waals surface area contributed by atoms with Gasteiger partial charge >= 0.3 is 0 Å². The molecule has 0 aliphatic rings. The van der Waals surface area contributed by atoms with Gasteiger partial charge in [0, 0.05) is 18.8 Å². The van der Waals surface area contributed by atoms with E-state index in [0.717, 1.165) is 0 Å². The Bertz CT molecular complexity index is 297. The van der Waals surface area contributed by atoms with E-state index in [9.17, 15) is 0 Å². The molecule has 0 aromatic carbocycles.